The Morgan fingerprint density at radius 1 is 0.778 bits per heavy atom. The molecule has 4 rings (SSSR count). The first-order chi connectivity index (χ1) is 13.2. The van der Waals surface area contributed by atoms with E-state index in [1.54, 1.807) is 0 Å². The lowest BCUT2D eigenvalue weighted by atomic mass is 9.98. The van der Waals surface area contributed by atoms with Gasteiger partial charge in [-0.1, -0.05) is 91.9 Å². The molecule has 1 aliphatic heterocycles. The largest absolute Gasteiger partial charge is 0.335 e. The molecule has 0 bridgehead atoms. The number of amides is 1. The first-order valence-electron chi connectivity index (χ1n) is 9.69. The van der Waals surface area contributed by atoms with Gasteiger partial charge in [-0.2, -0.15) is 0 Å². The van der Waals surface area contributed by atoms with Crippen LogP contribution >= 0.6 is 0 Å². The third-order valence-electron chi connectivity index (χ3n) is 5.50. The highest BCUT2D eigenvalue weighted by molar-refractivity contribution is 5.81. The predicted molar refractivity (Wildman–Crippen MR) is 110 cm³/mol. The van der Waals surface area contributed by atoms with Gasteiger partial charge in [-0.05, 0) is 35.1 Å². The molecule has 1 amide bonds. The highest BCUT2D eigenvalue weighted by Gasteiger charge is 2.36. The number of benzene rings is 3. The van der Waals surface area contributed by atoms with Gasteiger partial charge in [-0.15, -0.1) is 0 Å². The molecule has 0 saturated carbocycles. The molecule has 3 aromatic carbocycles. The Bertz CT molecular complexity index is 887. The third kappa shape index (κ3) is 3.95. The number of likely N-dealkylation sites (tertiary alicyclic amines) is 1. The topological polar surface area (TPSA) is 20.3 Å². The first kappa shape index (κ1) is 17.5. The molecule has 2 atom stereocenters. The van der Waals surface area contributed by atoms with Gasteiger partial charge in [0.05, 0.1) is 0 Å². The number of carbonyl (C=O) groups is 1. The predicted octanol–water partition coefficient (Wildman–Crippen LogP) is 5.33. The summed E-state index contributed by atoms with van der Waals surface area (Å²) in [6, 6.07) is 29.8. The Balaban J connectivity index is 1.49. The van der Waals surface area contributed by atoms with Gasteiger partial charge in [0.2, 0.25) is 5.91 Å². The third-order valence-corrected chi connectivity index (χ3v) is 5.50. The van der Waals surface area contributed by atoms with Crippen LogP contribution in [0.15, 0.2) is 84.9 Å². The van der Waals surface area contributed by atoms with E-state index >= 15 is 0 Å². The van der Waals surface area contributed by atoms with Crippen molar-refractivity contribution < 1.29 is 4.79 Å². The highest BCUT2D eigenvalue weighted by Crippen LogP contribution is 2.29. The molecule has 2 nitrogen and oxygen atoms in total. The van der Waals surface area contributed by atoms with Crippen molar-refractivity contribution in [3.8, 4) is 11.1 Å². The van der Waals surface area contributed by atoms with Gasteiger partial charge in [-0.25, -0.2) is 0 Å². The highest BCUT2D eigenvalue weighted by atomic mass is 16.2. The van der Waals surface area contributed by atoms with E-state index in [-0.39, 0.29) is 17.9 Å². The molecule has 0 unspecified atom stereocenters. The molecule has 2 heteroatoms. The second-order valence-electron chi connectivity index (χ2n) is 7.51. The first-order valence-corrected chi connectivity index (χ1v) is 9.69. The van der Waals surface area contributed by atoms with Gasteiger partial charge in [0.15, 0.2) is 0 Å². The Labute approximate surface area is 161 Å². The Kier molecular flexibility index (Phi) is 5.06. The zero-order valence-corrected chi connectivity index (χ0v) is 15.7. The minimum Gasteiger partial charge on any atom is -0.335 e. The maximum atomic E-state index is 12.7. The van der Waals surface area contributed by atoms with Crippen LogP contribution in [0.3, 0.4) is 0 Å². The van der Waals surface area contributed by atoms with Crippen molar-refractivity contribution in [2.75, 3.05) is 0 Å². The van der Waals surface area contributed by atoms with Crippen molar-refractivity contribution in [2.24, 2.45) is 5.92 Å². The molecule has 0 aliphatic carbocycles. The average molecular weight is 355 g/mol. The molecule has 1 fully saturated rings. The van der Waals surface area contributed by atoms with E-state index in [9.17, 15) is 4.79 Å². The Morgan fingerprint density at radius 2 is 1.37 bits per heavy atom. The van der Waals surface area contributed by atoms with Gasteiger partial charge in [0.1, 0.15) is 0 Å². The number of hydrogen-bond donors (Lipinski definition) is 0. The van der Waals surface area contributed by atoms with Crippen LogP contribution in [0.5, 0.6) is 0 Å². The van der Waals surface area contributed by atoms with Gasteiger partial charge in [-0.3, -0.25) is 4.79 Å². The zero-order valence-electron chi connectivity index (χ0n) is 15.7. The van der Waals surface area contributed by atoms with E-state index in [4.69, 9.17) is 0 Å². The summed E-state index contributed by atoms with van der Waals surface area (Å²) >= 11 is 0. The van der Waals surface area contributed by atoms with Crippen LogP contribution in [-0.4, -0.2) is 16.8 Å². The van der Waals surface area contributed by atoms with E-state index in [0.29, 0.717) is 6.54 Å². The number of carbonyl (C=O) groups excluding carboxylic acids is 1. The molecule has 3 aromatic rings. The second kappa shape index (κ2) is 7.79. The molecule has 136 valence electrons. The van der Waals surface area contributed by atoms with Crippen molar-refractivity contribution in [2.45, 2.75) is 32.4 Å². The fourth-order valence-electron chi connectivity index (χ4n) is 4.02. The fraction of sp³-hybridized carbons (Fsp3) is 0.240. The van der Waals surface area contributed by atoms with E-state index in [2.05, 4.69) is 72.5 Å². The van der Waals surface area contributed by atoms with E-state index in [1.807, 2.05) is 24.3 Å². The summed E-state index contributed by atoms with van der Waals surface area (Å²) in [5.74, 6) is 0.395. The lowest BCUT2D eigenvalue weighted by Gasteiger charge is -2.25. The van der Waals surface area contributed by atoms with Crippen LogP contribution in [0, 0.1) is 5.92 Å². The average Bonchev–Trinajstić information content (AvgIpc) is 2.97. The van der Waals surface area contributed by atoms with Crippen molar-refractivity contribution in [3.63, 3.8) is 0 Å². The normalized spacial score (nSPS) is 19.4. The Hall–Kier alpha value is -2.87. The van der Waals surface area contributed by atoms with Crippen molar-refractivity contribution >= 4 is 5.91 Å². The SMILES string of the molecule is C[C@@H]1C[C@@H](Cc2ccc(-c3ccccc3)cc2)N(Cc2ccccc2)C1=O. The second-order valence-corrected chi connectivity index (χ2v) is 7.51. The summed E-state index contributed by atoms with van der Waals surface area (Å²) in [7, 11) is 0. The molecule has 0 aromatic heterocycles. The summed E-state index contributed by atoms with van der Waals surface area (Å²) < 4.78 is 0. The smallest absolute Gasteiger partial charge is 0.226 e. The number of rotatable bonds is 5. The molecule has 27 heavy (non-hydrogen) atoms. The van der Waals surface area contributed by atoms with Crippen LogP contribution in [-0.2, 0) is 17.8 Å². The quantitative estimate of drug-likeness (QED) is 0.605. The van der Waals surface area contributed by atoms with Crippen molar-refractivity contribution in [1.82, 2.24) is 4.90 Å². The molecule has 1 aliphatic rings. The van der Waals surface area contributed by atoms with Crippen LogP contribution < -0.4 is 0 Å². The minimum atomic E-state index is 0.113. The summed E-state index contributed by atoms with van der Waals surface area (Å²) in [6.45, 7) is 2.76. The Morgan fingerprint density at radius 3 is 2.04 bits per heavy atom. The lowest BCUT2D eigenvalue weighted by molar-refractivity contribution is -0.132. The molecule has 0 radical (unpaired) electrons. The standard InChI is InChI=1S/C25H25NO/c1-19-16-24(26(25(19)27)18-21-8-4-2-5-9-21)17-20-12-14-23(15-13-20)22-10-6-3-7-11-22/h2-15,19,24H,16-18H2,1H3/t19-,24+/m1/s1. The van der Waals surface area contributed by atoms with Gasteiger partial charge in [0.25, 0.3) is 0 Å². The van der Waals surface area contributed by atoms with Crippen molar-refractivity contribution in [3.05, 3.63) is 96.1 Å². The van der Waals surface area contributed by atoms with Crippen LogP contribution in [0.4, 0.5) is 0 Å². The summed E-state index contributed by atoms with van der Waals surface area (Å²) in [5.41, 5.74) is 4.96. The molecule has 0 N–H and O–H groups in total. The minimum absolute atomic E-state index is 0.113. The van der Waals surface area contributed by atoms with Crippen molar-refractivity contribution in [1.29, 1.82) is 0 Å². The van der Waals surface area contributed by atoms with Gasteiger partial charge in [0, 0.05) is 18.5 Å². The number of nitrogens with zero attached hydrogens (tertiary/aromatic N) is 1. The fourth-order valence-corrected chi connectivity index (χ4v) is 4.02. The summed E-state index contributed by atoms with van der Waals surface area (Å²) in [5, 5.41) is 0. The molecular weight excluding hydrogens is 330 g/mol. The van der Waals surface area contributed by atoms with Crippen LogP contribution in [0.25, 0.3) is 11.1 Å². The monoisotopic (exact) mass is 355 g/mol. The molecule has 0 spiro atoms. The summed E-state index contributed by atoms with van der Waals surface area (Å²) in [4.78, 5) is 14.7. The van der Waals surface area contributed by atoms with E-state index in [0.717, 1.165) is 12.8 Å². The molecule has 1 saturated heterocycles. The molecular formula is C25H25NO. The lowest BCUT2D eigenvalue weighted by Crippen LogP contribution is -2.34. The van der Waals surface area contributed by atoms with Crippen LogP contribution in [0.2, 0.25) is 0 Å². The zero-order chi connectivity index (χ0) is 18.6. The maximum absolute atomic E-state index is 12.7. The maximum Gasteiger partial charge on any atom is 0.226 e. The number of hydrogen-bond acceptors (Lipinski definition) is 1. The van der Waals surface area contributed by atoms with Crippen LogP contribution in [0.1, 0.15) is 24.5 Å². The van der Waals surface area contributed by atoms with Gasteiger partial charge < -0.3 is 4.90 Å². The van der Waals surface area contributed by atoms with E-state index < -0.39 is 0 Å². The summed E-state index contributed by atoms with van der Waals surface area (Å²) in [6.07, 6.45) is 1.85. The van der Waals surface area contributed by atoms with E-state index in [1.165, 1.54) is 22.3 Å². The van der Waals surface area contributed by atoms with Gasteiger partial charge >= 0.3 is 0 Å². The molecule has 1 heterocycles.